The summed E-state index contributed by atoms with van der Waals surface area (Å²) in [6.07, 6.45) is 3.93. The van der Waals surface area contributed by atoms with Gasteiger partial charge in [0.15, 0.2) is 0 Å². The maximum absolute atomic E-state index is 6.64. The molecule has 0 N–H and O–H groups in total. The van der Waals surface area contributed by atoms with E-state index < -0.39 is 8.32 Å². The lowest BCUT2D eigenvalue weighted by atomic mass is 9.99. The molecule has 0 amide bonds. The molecule has 1 fully saturated rings. The van der Waals surface area contributed by atoms with Crippen LogP contribution >= 0.6 is 11.3 Å². The number of rotatable bonds is 7. The van der Waals surface area contributed by atoms with Crippen molar-refractivity contribution in [2.24, 2.45) is 0 Å². The highest BCUT2D eigenvalue weighted by Gasteiger charge is 2.39. The normalized spacial score (nSPS) is 22.3. The van der Waals surface area contributed by atoms with Crippen LogP contribution in [0.5, 0.6) is 5.75 Å². The van der Waals surface area contributed by atoms with E-state index in [9.17, 15) is 0 Å². The van der Waals surface area contributed by atoms with Crippen LogP contribution in [0.1, 0.15) is 51.2 Å². The lowest BCUT2D eigenvalue weighted by molar-refractivity contribution is 0.0306. The zero-order chi connectivity index (χ0) is 22.8. The average molecular weight is 458 g/mol. The molecule has 3 rings (SSSR count). The molecule has 1 aromatic carbocycles. The summed E-state index contributed by atoms with van der Waals surface area (Å²) in [5, 5.41) is 3.41. The molecule has 1 aliphatic heterocycles. The summed E-state index contributed by atoms with van der Waals surface area (Å²) in [5.74, 6) is 0.983. The van der Waals surface area contributed by atoms with Gasteiger partial charge in [0, 0.05) is 43.3 Å². The standard InChI is InChI=1S/C25H39N3OSSi/c1-9-14-27-17-20(3)28(18-19(27)2)23(24-26-13-15-30-24)21-11-10-12-22(16-21)29-31(7,8)25(4,5)6/h9-13,15-16,19-20,23H,1,14,17-18H2,2-8H3/t19-,20+,23-/m1/s1. The quantitative estimate of drug-likeness (QED) is 0.366. The van der Waals surface area contributed by atoms with Gasteiger partial charge in [-0.05, 0) is 49.7 Å². The lowest BCUT2D eigenvalue weighted by Gasteiger charge is -2.47. The van der Waals surface area contributed by atoms with Crippen LogP contribution in [0.15, 0.2) is 48.5 Å². The van der Waals surface area contributed by atoms with Crippen molar-refractivity contribution in [2.75, 3.05) is 19.6 Å². The van der Waals surface area contributed by atoms with Crippen molar-refractivity contribution in [3.8, 4) is 5.75 Å². The molecule has 2 aromatic rings. The van der Waals surface area contributed by atoms with E-state index >= 15 is 0 Å². The minimum absolute atomic E-state index is 0.145. The Morgan fingerprint density at radius 3 is 2.61 bits per heavy atom. The molecule has 6 heteroatoms. The molecule has 1 aromatic heterocycles. The highest BCUT2D eigenvalue weighted by Crippen LogP contribution is 2.39. The molecule has 0 radical (unpaired) electrons. The number of hydrogen-bond acceptors (Lipinski definition) is 5. The largest absolute Gasteiger partial charge is 0.543 e. The van der Waals surface area contributed by atoms with E-state index in [0.29, 0.717) is 12.1 Å². The van der Waals surface area contributed by atoms with Crippen molar-refractivity contribution < 1.29 is 4.43 Å². The van der Waals surface area contributed by atoms with Crippen LogP contribution in [0.4, 0.5) is 0 Å². The third-order valence-corrected chi connectivity index (χ3v) is 12.1. The first-order valence-electron chi connectivity index (χ1n) is 11.3. The second-order valence-corrected chi connectivity index (χ2v) is 16.0. The van der Waals surface area contributed by atoms with Gasteiger partial charge in [0.05, 0.1) is 6.04 Å². The van der Waals surface area contributed by atoms with Gasteiger partial charge >= 0.3 is 0 Å². The second-order valence-electron chi connectivity index (χ2n) is 10.3. The highest BCUT2D eigenvalue weighted by molar-refractivity contribution is 7.09. The minimum atomic E-state index is -1.89. The van der Waals surface area contributed by atoms with Crippen molar-refractivity contribution in [1.82, 2.24) is 14.8 Å². The monoisotopic (exact) mass is 457 g/mol. The number of piperazine rings is 1. The van der Waals surface area contributed by atoms with Crippen molar-refractivity contribution in [1.29, 1.82) is 0 Å². The van der Waals surface area contributed by atoms with Gasteiger partial charge in [-0.25, -0.2) is 4.98 Å². The predicted octanol–water partition coefficient (Wildman–Crippen LogP) is 6.20. The number of thiazole rings is 1. The minimum Gasteiger partial charge on any atom is -0.543 e. The Labute approximate surface area is 194 Å². The number of aromatic nitrogens is 1. The molecule has 0 saturated carbocycles. The van der Waals surface area contributed by atoms with Crippen LogP contribution in [0.3, 0.4) is 0 Å². The number of hydrogen-bond donors (Lipinski definition) is 0. The summed E-state index contributed by atoms with van der Waals surface area (Å²) in [6.45, 7) is 23.0. The maximum atomic E-state index is 6.64. The highest BCUT2D eigenvalue weighted by atomic mass is 32.1. The van der Waals surface area contributed by atoms with Crippen LogP contribution in [0, 0.1) is 0 Å². The first-order valence-corrected chi connectivity index (χ1v) is 15.1. The van der Waals surface area contributed by atoms with Crippen molar-refractivity contribution in [3.63, 3.8) is 0 Å². The molecule has 3 atom stereocenters. The molecular formula is C25H39N3OSSi. The summed E-state index contributed by atoms with van der Waals surface area (Å²) in [5.41, 5.74) is 1.27. The fourth-order valence-corrected chi connectivity index (χ4v) is 5.85. The topological polar surface area (TPSA) is 28.6 Å². The zero-order valence-corrected chi connectivity index (χ0v) is 22.1. The fourth-order valence-electron chi connectivity index (χ4n) is 4.05. The number of benzene rings is 1. The third kappa shape index (κ3) is 5.48. The van der Waals surface area contributed by atoms with E-state index in [1.165, 1.54) is 5.56 Å². The van der Waals surface area contributed by atoms with Gasteiger partial charge in [0.25, 0.3) is 0 Å². The Bertz CT molecular complexity index is 862. The maximum Gasteiger partial charge on any atom is 0.250 e. The van der Waals surface area contributed by atoms with E-state index in [0.717, 1.165) is 30.4 Å². The molecule has 2 heterocycles. The molecule has 0 unspecified atom stereocenters. The zero-order valence-electron chi connectivity index (χ0n) is 20.3. The molecule has 4 nitrogen and oxygen atoms in total. The smallest absolute Gasteiger partial charge is 0.250 e. The van der Waals surface area contributed by atoms with Gasteiger partial charge in [-0.3, -0.25) is 9.80 Å². The summed E-state index contributed by atoms with van der Waals surface area (Å²) in [7, 11) is -1.89. The van der Waals surface area contributed by atoms with Gasteiger partial charge in [-0.1, -0.05) is 39.0 Å². The van der Waals surface area contributed by atoms with Gasteiger partial charge < -0.3 is 4.43 Å². The molecule has 0 spiro atoms. The van der Waals surface area contributed by atoms with Crippen LogP contribution in [0.2, 0.25) is 18.1 Å². The molecular weight excluding hydrogens is 418 g/mol. The molecule has 0 bridgehead atoms. The van der Waals surface area contributed by atoms with Crippen LogP contribution in [-0.4, -0.2) is 54.8 Å². The molecule has 1 saturated heterocycles. The van der Waals surface area contributed by atoms with Crippen LogP contribution in [-0.2, 0) is 0 Å². The Hall–Kier alpha value is -1.47. The number of nitrogens with zero attached hydrogens (tertiary/aromatic N) is 3. The predicted molar refractivity (Wildman–Crippen MR) is 136 cm³/mol. The Morgan fingerprint density at radius 1 is 1.26 bits per heavy atom. The molecule has 0 aliphatic carbocycles. The van der Waals surface area contributed by atoms with E-state index in [-0.39, 0.29) is 11.1 Å². The summed E-state index contributed by atoms with van der Waals surface area (Å²) >= 11 is 1.74. The van der Waals surface area contributed by atoms with Crippen molar-refractivity contribution >= 4 is 19.7 Å². The Kier molecular flexibility index (Phi) is 7.46. The van der Waals surface area contributed by atoms with Gasteiger partial charge in [0.1, 0.15) is 10.8 Å². The van der Waals surface area contributed by atoms with Crippen LogP contribution in [0.25, 0.3) is 0 Å². The fraction of sp³-hybridized carbons (Fsp3) is 0.560. The van der Waals surface area contributed by atoms with Gasteiger partial charge in [-0.2, -0.15) is 0 Å². The Balaban J connectivity index is 1.93. The SMILES string of the molecule is C=CCN1C[C@H](C)N([C@H](c2cccc(O[Si](C)(C)C(C)(C)C)c2)c2nccs2)C[C@H]1C. The first kappa shape index (κ1) is 24.2. The van der Waals surface area contributed by atoms with Crippen molar-refractivity contribution in [2.45, 2.75) is 70.9 Å². The van der Waals surface area contributed by atoms with Gasteiger partial charge in [0.2, 0.25) is 8.32 Å². The molecule has 31 heavy (non-hydrogen) atoms. The first-order chi connectivity index (χ1) is 14.5. The molecule has 1 aliphatic rings. The van der Waals surface area contributed by atoms with E-state index in [4.69, 9.17) is 9.41 Å². The van der Waals surface area contributed by atoms with E-state index in [1.54, 1.807) is 11.3 Å². The van der Waals surface area contributed by atoms with E-state index in [1.807, 2.05) is 12.3 Å². The Morgan fingerprint density at radius 2 is 2.00 bits per heavy atom. The lowest BCUT2D eigenvalue weighted by Crippen LogP contribution is -2.57. The van der Waals surface area contributed by atoms with Crippen molar-refractivity contribution in [3.05, 3.63) is 59.1 Å². The van der Waals surface area contributed by atoms with Crippen LogP contribution < -0.4 is 4.43 Å². The van der Waals surface area contributed by atoms with Gasteiger partial charge in [-0.15, -0.1) is 17.9 Å². The summed E-state index contributed by atoms with van der Waals surface area (Å²) in [4.78, 5) is 9.88. The molecule has 170 valence electrons. The summed E-state index contributed by atoms with van der Waals surface area (Å²) < 4.78 is 6.64. The second kappa shape index (κ2) is 9.57. The average Bonchev–Trinajstić information content (AvgIpc) is 3.19. The summed E-state index contributed by atoms with van der Waals surface area (Å²) in [6, 6.07) is 9.78. The third-order valence-electron chi connectivity index (χ3n) is 6.90. The van der Waals surface area contributed by atoms with E-state index in [2.05, 4.69) is 93.7 Å².